The molecule has 0 fully saturated rings. The molecule has 0 aliphatic carbocycles. The predicted molar refractivity (Wildman–Crippen MR) is 105 cm³/mol. The topological polar surface area (TPSA) is 18.5 Å². The van der Waals surface area contributed by atoms with E-state index in [-0.39, 0.29) is 5.60 Å². The SMILES string of the molecule is CCC[CH2][Sn]([C]#CC(C)(C)OCCOC)([CH2]CCC)[CH2]CCC. The van der Waals surface area contributed by atoms with E-state index in [2.05, 4.69) is 44.5 Å². The van der Waals surface area contributed by atoms with Crippen LogP contribution in [0.4, 0.5) is 0 Å². The molecule has 0 N–H and O–H groups in total. The summed E-state index contributed by atoms with van der Waals surface area (Å²) in [6.07, 6.45) is 7.99. The summed E-state index contributed by atoms with van der Waals surface area (Å²) in [5.41, 5.74) is -0.342. The molecule has 0 amide bonds. The molecular weight excluding hydrogens is 391 g/mol. The number of rotatable bonds is 13. The van der Waals surface area contributed by atoms with Gasteiger partial charge in [-0.05, 0) is 0 Å². The summed E-state index contributed by atoms with van der Waals surface area (Å²) in [5, 5.41) is 0. The van der Waals surface area contributed by atoms with Crippen LogP contribution < -0.4 is 0 Å². The second kappa shape index (κ2) is 13.6. The van der Waals surface area contributed by atoms with E-state index in [9.17, 15) is 0 Å². The molecule has 23 heavy (non-hydrogen) atoms. The van der Waals surface area contributed by atoms with Crippen molar-refractivity contribution in [3.05, 3.63) is 0 Å². The number of hydrogen-bond donors (Lipinski definition) is 0. The standard InChI is InChI=1S/C8H13O2.3C4H9.Sn/c1-5-8(2,3)10-7-6-9-4;3*1-3-4-2;/h6-7H2,2-4H3;3*1,3-4H2,2H3;. The molecule has 0 aromatic heterocycles. The van der Waals surface area contributed by atoms with Gasteiger partial charge in [0.15, 0.2) is 0 Å². The molecule has 0 aromatic carbocycles. The van der Waals surface area contributed by atoms with Gasteiger partial charge in [-0.25, -0.2) is 0 Å². The van der Waals surface area contributed by atoms with Crippen LogP contribution in [0.15, 0.2) is 0 Å². The number of hydrogen-bond acceptors (Lipinski definition) is 2. The molecule has 0 heterocycles. The zero-order chi connectivity index (χ0) is 17.6. The summed E-state index contributed by atoms with van der Waals surface area (Å²) in [6.45, 7) is 12.4. The van der Waals surface area contributed by atoms with Crippen LogP contribution in [0.3, 0.4) is 0 Å². The first-order chi connectivity index (χ1) is 10.9. The zero-order valence-electron chi connectivity index (χ0n) is 16.6. The van der Waals surface area contributed by atoms with Gasteiger partial charge in [0.1, 0.15) is 0 Å². The van der Waals surface area contributed by atoms with E-state index >= 15 is 0 Å². The first kappa shape index (κ1) is 23.3. The summed E-state index contributed by atoms with van der Waals surface area (Å²) in [6, 6.07) is 0. The first-order valence-corrected chi connectivity index (χ1v) is 17.1. The minimum atomic E-state index is -2.34. The van der Waals surface area contributed by atoms with Gasteiger partial charge in [0.2, 0.25) is 0 Å². The van der Waals surface area contributed by atoms with Crippen molar-refractivity contribution >= 4 is 18.4 Å². The second-order valence-corrected chi connectivity index (χ2v) is 19.5. The maximum absolute atomic E-state index is 5.91. The molecule has 3 heteroatoms. The number of ether oxygens (including phenoxy) is 2. The molecule has 0 aliphatic heterocycles. The third-order valence-electron chi connectivity index (χ3n) is 4.41. The zero-order valence-corrected chi connectivity index (χ0v) is 19.4. The maximum atomic E-state index is 5.91. The average molecular weight is 431 g/mol. The van der Waals surface area contributed by atoms with Crippen molar-refractivity contribution in [2.45, 2.75) is 92.1 Å². The molecule has 0 saturated carbocycles. The van der Waals surface area contributed by atoms with Gasteiger partial charge < -0.3 is 0 Å². The Morgan fingerprint density at radius 1 is 0.826 bits per heavy atom. The fourth-order valence-corrected chi connectivity index (χ4v) is 16.5. The number of methoxy groups -OCH3 is 1. The van der Waals surface area contributed by atoms with Crippen molar-refractivity contribution in [3.8, 4) is 9.86 Å². The summed E-state index contributed by atoms with van der Waals surface area (Å²) in [5.74, 6) is 3.55. The molecule has 0 aliphatic rings. The molecule has 0 rings (SSSR count). The van der Waals surface area contributed by atoms with E-state index in [1.54, 1.807) is 7.11 Å². The Balaban J connectivity index is 5.10. The van der Waals surface area contributed by atoms with Crippen molar-refractivity contribution in [2.75, 3.05) is 20.3 Å². The summed E-state index contributed by atoms with van der Waals surface area (Å²) < 4.78 is 19.2. The van der Waals surface area contributed by atoms with Crippen LogP contribution in [0, 0.1) is 9.86 Å². The molecule has 0 atom stereocenters. The normalized spacial score (nSPS) is 12.1. The molecule has 0 radical (unpaired) electrons. The molecule has 136 valence electrons. The Morgan fingerprint density at radius 2 is 1.30 bits per heavy atom. The van der Waals surface area contributed by atoms with Gasteiger partial charge >= 0.3 is 150 Å². The summed E-state index contributed by atoms with van der Waals surface area (Å²) in [4.78, 5) is 0. The fraction of sp³-hybridized carbons (Fsp3) is 0.900. The predicted octanol–water partition coefficient (Wildman–Crippen LogP) is 5.82. The Morgan fingerprint density at radius 3 is 1.70 bits per heavy atom. The first-order valence-electron chi connectivity index (χ1n) is 9.62. The van der Waals surface area contributed by atoms with E-state index in [4.69, 9.17) is 9.47 Å². The molecule has 0 aromatic rings. The Hall–Kier alpha value is 0.279. The van der Waals surface area contributed by atoms with Gasteiger partial charge in [-0.3, -0.25) is 0 Å². The Bertz CT molecular complexity index is 320. The van der Waals surface area contributed by atoms with Gasteiger partial charge in [0.05, 0.1) is 0 Å². The van der Waals surface area contributed by atoms with E-state index in [0.29, 0.717) is 13.2 Å². The van der Waals surface area contributed by atoms with Gasteiger partial charge in [-0.15, -0.1) is 0 Å². The van der Waals surface area contributed by atoms with Gasteiger partial charge in [-0.2, -0.15) is 0 Å². The van der Waals surface area contributed by atoms with Crippen molar-refractivity contribution in [1.82, 2.24) is 0 Å². The average Bonchev–Trinajstić information content (AvgIpc) is 2.54. The third kappa shape index (κ3) is 11.5. The van der Waals surface area contributed by atoms with Crippen LogP contribution in [-0.4, -0.2) is 44.3 Å². The Labute approximate surface area is 150 Å². The van der Waals surface area contributed by atoms with Crippen LogP contribution in [0.1, 0.15) is 73.1 Å². The molecular formula is C20H40O2Sn. The minimum absolute atomic E-state index is 0.342. The van der Waals surface area contributed by atoms with Gasteiger partial charge in [-0.1, -0.05) is 0 Å². The van der Waals surface area contributed by atoms with E-state index in [1.807, 2.05) is 0 Å². The number of unbranched alkanes of at least 4 members (excludes halogenated alkanes) is 3. The molecule has 0 unspecified atom stereocenters. The molecule has 2 nitrogen and oxygen atoms in total. The van der Waals surface area contributed by atoms with E-state index in [1.165, 1.54) is 51.8 Å². The van der Waals surface area contributed by atoms with Crippen LogP contribution in [0.2, 0.25) is 13.3 Å². The van der Waals surface area contributed by atoms with Crippen molar-refractivity contribution in [1.29, 1.82) is 0 Å². The van der Waals surface area contributed by atoms with Crippen LogP contribution >= 0.6 is 0 Å². The monoisotopic (exact) mass is 432 g/mol. The van der Waals surface area contributed by atoms with E-state index < -0.39 is 18.4 Å². The van der Waals surface area contributed by atoms with Crippen molar-refractivity contribution in [2.24, 2.45) is 0 Å². The third-order valence-corrected chi connectivity index (χ3v) is 17.5. The second-order valence-electron chi connectivity index (χ2n) is 7.19. The van der Waals surface area contributed by atoms with Crippen LogP contribution in [0.25, 0.3) is 0 Å². The Kier molecular flexibility index (Phi) is 13.7. The van der Waals surface area contributed by atoms with Crippen molar-refractivity contribution in [3.63, 3.8) is 0 Å². The summed E-state index contributed by atoms with van der Waals surface area (Å²) >= 11 is -2.34. The van der Waals surface area contributed by atoms with Gasteiger partial charge in [0.25, 0.3) is 0 Å². The van der Waals surface area contributed by atoms with Gasteiger partial charge in [0, 0.05) is 0 Å². The quantitative estimate of drug-likeness (QED) is 0.208. The molecule has 0 bridgehead atoms. The van der Waals surface area contributed by atoms with E-state index in [0.717, 1.165) is 0 Å². The van der Waals surface area contributed by atoms with Crippen LogP contribution in [-0.2, 0) is 9.47 Å². The summed E-state index contributed by atoms with van der Waals surface area (Å²) in [7, 11) is 1.71. The molecule has 0 saturated heterocycles. The van der Waals surface area contributed by atoms with Crippen molar-refractivity contribution < 1.29 is 9.47 Å². The molecule has 0 spiro atoms. The van der Waals surface area contributed by atoms with Crippen LogP contribution in [0.5, 0.6) is 0 Å². The fourth-order valence-electron chi connectivity index (χ4n) is 2.81.